The summed E-state index contributed by atoms with van der Waals surface area (Å²) >= 11 is 0. The number of hydrogen-bond acceptors (Lipinski definition) is 17. The summed E-state index contributed by atoms with van der Waals surface area (Å²) in [6.45, 7) is 16.3. The standard InChI is InChI=1S/C67H84FN11O12/c1-41(2)71-62(82)48-38-53(50(68)34-43(48)5)73-61-60-54(70-40-77(60)42(3)4)39-52(72-61)44-12-13-49-56(35-44)78(46-36-45(37-46)75-20-7-6-8-21-75)66(86)67(49)17-22-76(23-18-67)58(81)16-24-87-26-28-89-30-32-91-33-31-90-29-27-88-25-19-69-51-11-9-10-47-59(51)65(85)79(64(47)84)55-14-15-57(80)74-63(55)83/h9-13,34-35,38-42,45-46,55,69H,6-8,14-33,36-37H2,1-5H3,(H,71,82)(H,72,73)(H,74,80,83). The summed E-state index contributed by atoms with van der Waals surface area (Å²) in [5.41, 5.74) is 5.60. The van der Waals surface area contributed by atoms with Gasteiger partial charge in [0, 0.05) is 72.7 Å². The molecule has 3 saturated heterocycles. The van der Waals surface area contributed by atoms with Crippen molar-refractivity contribution in [1.29, 1.82) is 0 Å². The fourth-order valence-electron chi connectivity index (χ4n) is 13.5. The van der Waals surface area contributed by atoms with Crippen molar-refractivity contribution in [2.75, 3.05) is 114 Å². The Hall–Kier alpha value is -7.74. The van der Waals surface area contributed by atoms with Gasteiger partial charge in [0.05, 0.1) is 112 Å². The normalized spacial score (nSPS) is 19.8. The summed E-state index contributed by atoms with van der Waals surface area (Å²) in [6.07, 6.45) is 8.53. The Kier molecular flexibility index (Phi) is 20.5. The summed E-state index contributed by atoms with van der Waals surface area (Å²) in [5.74, 6) is -2.59. The van der Waals surface area contributed by atoms with Crippen LogP contribution in [0.4, 0.5) is 27.3 Å². The maximum atomic E-state index is 15.9. The van der Waals surface area contributed by atoms with E-state index >= 15 is 9.18 Å². The van der Waals surface area contributed by atoms with Gasteiger partial charge in [-0.25, -0.2) is 14.4 Å². The van der Waals surface area contributed by atoms with Crippen LogP contribution >= 0.6 is 0 Å². The fraction of sp³-hybridized carbons (Fsp3) is 0.537. The number of hydrogen-bond donors (Lipinski definition) is 4. The zero-order valence-electron chi connectivity index (χ0n) is 52.7. The minimum atomic E-state index is -1.04. The van der Waals surface area contributed by atoms with Gasteiger partial charge in [0.25, 0.3) is 17.7 Å². The first kappa shape index (κ1) is 64.8. The Morgan fingerprint density at radius 3 is 2.11 bits per heavy atom. The zero-order valence-corrected chi connectivity index (χ0v) is 52.7. The van der Waals surface area contributed by atoms with Crippen molar-refractivity contribution in [3.63, 3.8) is 0 Å². The van der Waals surface area contributed by atoms with Crippen molar-refractivity contribution in [3.05, 3.63) is 94.6 Å². The number of ether oxygens (including phenoxy) is 5. The van der Waals surface area contributed by atoms with Gasteiger partial charge in [0.15, 0.2) is 5.82 Å². The van der Waals surface area contributed by atoms with Crippen LogP contribution in [0.25, 0.3) is 22.3 Å². The highest BCUT2D eigenvalue weighted by Gasteiger charge is 2.56. The molecule has 11 rings (SSSR count). The molecule has 4 N–H and O–H groups in total. The molecule has 5 aromatic rings. The molecule has 24 heteroatoms. The lowest BCUT2D eigenvalue weighted by atomic mass is 9.73. The van der Waals surface area contributed by atoms with Gasteiger partial charge < -0.3 is 58.9 Å². The predicted molar refractivity (Wildman–Crippen MR) is 338 cm³/mol. The van der Waals surface area contributed by atoms with E-state index in [1.807, 2.05) is 49.3 Å². The molecule has 6 aliphatic rings. The van der Waals surface area contributed by atoms with E-state index in [2.05, 4.69) is 43.2 Å². The van der Waals surface area contributed by atoms with Crippen LogP contribution in [0.5, 0.6) is 0 Å². The number of rotatable bonds is 28. The molecule has 91 heavy (non-hydrogen) atoms. The number of benzene rings is 3. The number of aromatic nitrogens is 3. The predicted octanol–water partition coefficient (Wildman–Crippen LogP) is 7.22. The van der Waals surface area contributed by atoms with Crippen molar-refractivity contribution in [2.45, 2.75) is 134 Å². The van der Waals surface area contributed by atoms with Crippen molar-refractivity contribution in [2.24, 2.45) is 0 Å². The molecule has 7 amide bonds. The van der Waals surface area contributed by atoms with Crippen LogP contribution in [0, 0.1) is 12.7 Å². The molecule has 1 aliphatic carbocycles. The number of piperidine rings is 3. The first-order chi connectivity index (χ1) is 44.0. The zero-order chi connectivity index (χ0) is 63.9. The molecule has 3 aromatic carbocycles. The number of imidazole rings is 1. The molecular weight excluding hydrogens is 1170 g/mol. The Bertz CT molecular complexity index is 3540. The van der Waals surface area contributed by atoms with Gasteiger partial charge in [0.2, 0.25) is 23.6 Å². The molecule has 0 radical (unpaired) electrons. The molecule has 1 saturated carbocycles. The highest BCUT2D eigenvalue weighted by Crippen LogP contribution is 2.52. The van der Waals surface area contributed by atoms with E-state index in [0.717, 1.165) is 47.6 Å². The van der Waals surface area contributed by atoms with Crippen LogP contribution in [0.2, 0.25) is 0 Å². The van der Waals surface area contributed by atoms with Gasteiger partial charge in [-0.15, -0.1) is 0 Å². The quantitative estimate of drug-likeness (QED) is 0.0285. The fourth-order valence-corrected chi connectivity index (χ4v) is 13.5. The van der Waals surface area contributed by atoms with Gasteiger partial charge in [0.1, 0.15) is 17.4 Å². The monoisotopic (exact) mass is 1250 g/mol. The maximum absolute atomic E-state index is 15.9. The molecule has 4 fully saturated rings. The molecule has 1 unspecified atom stereocenters. The van der Waals surface area contributed by atoms with E-state index in [0.29, 0.717) is 137 Å². The van der Waals surface area contributed by atoms with Gasteiger partial charge >= 0.3 is 0 Å². The van der Waals surface area contributed by atoms with E-state index in [4.69, 9.17) is 33.7 Å². The summed E-state index contributed by atoms with van der Waals surface area (Å²) < 4.78 is 46.3. The van der Waals surface area contributed by atoms with Gasteiger partial charge in [-0.1, -0.05) is 24.6 Å². The number of amides is 7. The smallest absolute Gasteiger partial charge is 0.264 e. The average molecular weight is 1250 g/mol. The summed E-state index contributed by atoms with van der Waals surface area (Å²) in [7, 11) is 0. The van der Waals surface area contributed by atoms with Gasteiger partial charge in [-0.2, -0.15) is 0 Å². The highest BCUT2D eigenvalue weighted by atomic mass is 19.1. The number of likely N-dealkylation sites (tertiary alicyclic amines) is 2. The number of pyridine rings is 1. The maximum Gasteiger partial charge on any atom is 0.264 e. The second-order valence-electron chi connectivity index (χ2n) is 25.0. The Morgan fingerprint density at radius 1 is 0.758 bits per heavy atom. The second-order valence-corrected chi connectivity index (χ2v) is 25.0. The molecule has 0 bridgehead atoms. The largest absolute Gasteiger partial charge is 0.382 e. The minimum Gasteiger partial charge on any atom is -0.382 e. The van der Waals surface area contributed by atoms with E-state index in [-0.39, 0.29) is 78.5 Å². The Balaban J connectivity index is 0.618. The van der Waals surface area contributed by atoms with E-state index in [9.17, 15) is 28.8 Å². The third kappa shape index (κ3) is 14.0. The number of carbonyl (C=O) groups excluding carboxylic acids is 7. The van der Waals surface area contributed by atoms with E-state index < -0.39 is 40.9 Å². The number of fused-ring (bicyclic) bond motifs is 4. The third-order valence-electron chi connectivity index (χ3n) is 18.3. The average Bonchev–Trinajstić information content (AvgIpc) is 1.57. The number of nitrogens with one attached hydrogen (secondary N) is 4. The number of nitrogens with zero attached hydrogens (tertiary/aromatic N) is 7. The molecule has 23 nitrogen and oxygen atoms in total. The lowest BCUT2D eigenvalue weighted by Crippen LogP contribution is -2.58. The molecule has 7 heterocycles. The van der Waals surface area contributed by atoms with Gasteiger partial charge in [-0.3, -0.25) is 43.8 Å². The van der Waals surface area contributed by atoms with Crippen molar-refractivity contribution in [3.8, 4) is 11.3 Å². The Labute approximate surface area is 529 Å². The SMILES string of the molecule is Cc1cc(F)c(Nc2nc(-c3ccc4c(c3)N(C3CC(N5CCCCC5)C3)C(=O)C43CCN(C(=O)CCOCCOCCOCCOCCOCCNc4cccc5c4C(=O)N(C4CCC(=O)NC4=O)C5=O)CC3)cc3ncn(C(C)C)c23)cc1C(=O)NC(C)C. The number of imide groups is 2. The van der Waals surface area contributed by atoms with Crippen LogP contribution in [-0.4, -0.2) is 194 Å². The number of anilines is 4. The van der Waals surface area contributed by atoms with Crippen LogP contribution < -0.4 is 26.2 Å². The lowest BCUT2D eigenvalue weighted by Gasteiger charge is -2.48. The van der Waals surface area contributed by atoms with E-state index in [1.54, 1.807) is 31.5 Å². The highest BCUT2D eigenvalue weighted by molar-refractivity contribution is 6.25. The third-order valence-corrected chi connectivity index (χ3v) is 18.3. The topological polar surface area (TPSA) is 257 Å². The lowest BCUT2D eigenvalue weighted by molar-refractivity contribution is -0.137. The summed E-state index contributed by atoms with van der Waals surface area (Å²) in [5, 5.41) is 11.5. The number of carbonyl (C=O) groups is 7. The summed E-state index contributed by atoms with van der Waals surface area (Å²) in [6, 6.07) is 15.2. The van der Waals surface area contributed by atoms with Crippen LogP contribution in [0.15, 0.2) is 60.9 Å². The molecule has 486 valence electrons. The molecule has 5 aliphatic heterocycles. The first-order valence-corrected chi connectivity index (χ1v) is 32.2. The molecule has 2 aromatic heterocycles. The van der Waals surface area contributed by atoms with Crippen LogP contribution in [0.3, 0.4) is 0 Å². The van der Waals surface area contributed by atoms with Gasteiger partial charge in [-0.05, 0) is 140 Å². The van der Waals surface area contributed by atoms with Crippen LogP contribution in [0.1, 0.15) is 140 Å². The van der Waals surface area contributed by atoms with Crippen molar-refractivity contribution < 1.29 is 61.6 Å². The first-order valence-electron chi connectivity index (χ1n) is 32.2. The number of aryl methyl sites for hydroxylation is 1. The number of halogens is 1. The minimum absolute atomic E-state index is 0.00803. The van der Waals surface area contributed by atoms with Crippen molar-refractivity contribution >= 4 is 75.3 Å². The van der Waals surface area contributed by atoms with Crippen LogP contribution in [-0.2, 0) is 48.3 Å². The molecule has 1 spiro atoms. The molecule has 1 atom stereocenters. The molecular formula is C67H84FN11O12. The Morgan fingerprint density at radius 2 is 1.44 bits per heavy atom. The summed E-state index contributed by atoms with van der Waals surface area (Å²) in [4.78, 5) is 110. The van der Waals surface area contributed by atoms with E-state index in [1.165, 1.54) is 31.4 Å². The second kappa shape index (κ2) is 28.8. The van der Waals surface area contributed by atoms with Crippen molar-refractivity contribution in [1.82, 2.24) is 39.9 Å².